The lowest BCUT2D eigenvalue weighted by atomic mass is 10.2. The van der Waals surface area contributed by atoms with E-state index in [0.717, 1.165) is 21.5 Å². The number of aromatic nitrogens is 1. The van der Waals surface area contributed by atoms with E-state index in [1.54, 1.807) is 12.1 Å². The van der Waals surface area contributed by atoms with Crippen molar-refractivity contribution >= 4 is 21.6 Å². The number of anilines is 1. The van der Waals surface area contributed by atoms with Crippen LogP contribution in [0.25, 0.3) is 5.69 Å². The van der Waals surface area contributed by atoms with Gasteiger partial charge in [-0.05, 0) is 74.5 Å². The Hall–Kier alpha value is -2.94. The van der Waals surface area contributed by atoms with Crippen LogP contribution in [-0.2, 0) is 14.9 Å². The normalized spacial score (nSPS) is 11.6. The van der Waals surface area contributed by atoms with Crippen LogP contribution in [0, 0.1) is 13.8 Å². The Labute approximate surface area is 170 Å². The lowest BCUT2D eigenvalue weighted by Crippen LogP contribution is -2.25. The molecular weight excluding hydrogens is 390 g/mol. The number of hydrogen-bond acceptors (Lipinski definition) is 4. The van der Waals surface area contributed by atoms with Gasteiger partial charge in [0.05, 0.1) is 12.0 Å². The van der Waals surface area contributed by atoms with Crippen LogP contribution in [-0.4, -0.2) is 37.5 Å². The number of hydrogen-bond donors (Lipinski definition) is 1. The number of nitrogens with zero attached hydrogens (tertiary/aromatic N) is 2. The lowest BCUT2D eigenvalue weighted by Gasteiger charge is -2.14. The molecular formula is C21H23N3O4S. The first-order valence-corrected chi connectivity index (χ1v) is 10.4. The summed E-state index contributed by atoms with van der Waals surface area (Å²) < 4.78 is 27.3. The van der Waals surface area contributed by atoms with Crippen molar-refractivity contribution in [3.8, 4) is 5.69 Å². The molecule has 3 rings (SSSR count). The van der Waals surface area contributed by atoms with E-state index in [4.69, 9.17) is 4.84 Å². The number of nitrogens with one attached hydrogen (secondary N) is 1. The van der Waals surface area contributed by atoms with Gasteiger partial charge < -0.3 is 9.88 Å². The van der Waals surface area contributed by atoms with Crippen molar-refractivity contribution < 1.29 is 18.0 Å². The summed E-state index contributed by atoms with van der Waals surface area (Å²) in [5.74, 6) is -0.276. The van der Waals surface area contributed by atoms with Crippen molar-refractivity contribution in [1.82, 2.24) is 9.04 Å². The number of benzene rings is 2. The summed E-state index contributed by atoms with van der Waals surface area (Å²) in [7, 11) is -1.14. The van der Waals surface area contributed by atoms with Gasteiger partial charge in [-0.2, -0.15) is 0 Å². The topological polar surface area (TPSA) is 80.6 Å². The zero-order valence-electron chi connectivity index (χ0n) is 16.7. The van der Waals surface area contributed by atoms with Gasteiger partial charge in [0, 0.05) is 35.4 Å². The minimum absolute atomic E-state index is 0.0710. The van der Waals surface area contributed by atoms with Crippen LogP contribution in [0.15, 0.2) is 65.6 Å². The molecule has 0 atom stereocenters. The molecule has 152 valence electrons. The monoisotopic (exact) mass is 413 g/mol. The number of sulfonamides is 1. The van der Waals surface area contributed by atoms with Gasteiger partial charge in [-0.25, -0.2) is 8.42 Å². The first-order chi connectivity index (χ1) is 13.7. The Morgan fingerprint density at radius 2 is 1.48 bits per heavy atom. The highest BCUT2D eigenvalue weighted by molar-refractivity contribution is 7.89. The van der Waals surface area contributed by atoms with E-state index >= 15 is 0 Å². The van der Waals surface area contributed by atoms with Gasteiger partial charge in [-0.15, -0.1) is 0 Å². The second kappa shape index (κ2) is 8.20. The third-order valence-electron chi connectivity index (χ3n) is 4.66. The number of carbonyl (C=O) groups is 1. The van der Waals surface area contributed by atoms with E-state index in [1.807, 2.05) is 38.1 Å². The summed E-state index contributed by atoms with van der Waals surface area (Å²) in [4.78, 5) is 17.3. The molecule has 0 spiro atoms. The van der Waals surface area contributed by atoms with Crippen molar-refractivity contribution in [2.45, 2.75) is 18.7 Å². The van der Waals surface area contributed by atoms with E-state index in [0.29, 0.717) is 11.3 Å². The first-order valence-electron chi connectivity index (χ1n) is 8.94. The molecule has 1 heterocycles. The molecule has 0 aliphatic carbocycles. The minimum Gasteiger partial charge on any atom is -0.322 e. The molecule has 0 bridgehead atoms. The van der Waals surface area contributed by atoms with Crippen LogP contribution < -0.4 is 5.32 Å². The van der Waals surface area contributed by atoms with Crippen LogP contribution in [0.4, 0.5) is 5.69 Å². The molecule has 0 radical (unpaired) electrons. The van der Waals surface area contributed by atoms with Crippen molar-refractivity contribution in [1.29, 1.82) is 0 Å². The summed E-state index contributed by atoms with van der Waals surface area (Å²) >= 11 is 0. The molecule has 8 heteroatoms. The molecule has 0 saturated carbocycles. The Morgan fingerprint density at radius 3 is 2.00 bits per heavy atom. The highest BCUT2D eigenvalue weighted by Crippen LogP contribution is 2.20. The molecule has 1 amide bonds. The third-order valence-corrected chi connectivity index (χ3v) is 6.36. The molecule has 3 aromatic rings. The van der Waals surface area contributed by atoms with E-state index in [1.165, 1.54) is 38.4 Å². The summed E-state index contributed by atoms with van der Waals surface area (Å²) in [6.45, 7) is 4.06. The fraction of sp³-hybridized carbons (Fsp3) is 0.190. The highest BCUT2D eigenvalue weighted by Gasteiger charge is 2.20. The fourth-order valence-electron chi connectivity index (χ4n) is 3.00. The van der Waals surface area contributed by atoms with Crippen LogP contribution >= 0.6 is 0 Å². The number of hydroxylamine groups is 1. The predicted molar refractivity (Wildman–Crippen MR) is 112 cm³/mol. The average molecular weight is 413 g/mol. The maximum absolute atomic E-state index is 12.5. The molecule has 7 nitrogen and oxygen atoms in total. The van der Waals surface area contributed by atoms with Gasteiger partial charge in [-0.1, -0.05) is 4.47 Å². The van der Waals surface area contributed by atoms with Crippen molar-refractivity contribution in [3.05, 3.63) is 77.6 Å². The molecule has 29 heavy (non-hydrogen) atoms. The van der Waals surface area contributed by atoms with Gasteiger partial charge in [0.15, 0.2) is 0 Å². The van der Waals surface area contributed by atoms with Gasteiger partial charge in [0.1, 0.15) is 0 Å². The van der Waals surface area contributed by atoms with Gasteiger partial charge in [0.25, 0.3) is 15.9 Å². The van der Waals surface area contributed by atoms with Crippen LogP contribution in [0.1, 0.15) is 21.7 Å². The first kappa shape index (κ1) is 20.8. The summed E-state index contributed by atoms with van der Waals surface area (Å²) in [5, 5.41) is 2.77. The predicted octanol–water partition coefficient (Wildman–Crippen LogP) is 3.53. The van der Waals surface area contributed by atoms with Crippen LogP contribution in [0.3, 0.4) is 0 Å². The number of aryl methyl sites for hydroxylation is 2. The van der Waals surface area contributed by atoms with Gasteiger partial charge in [0.2, 0.25) is 0 Å². The quantitative estimate of drug-likeness (QED) is 0.627. The largest absolute Gasteiger partial charge is 0.322 e. The average Bonchev–Trinajstić information content (AvgIpc) is 3.06. The second-order valence-electron chi connectivity index (χ2n) is 6.57. The second-order valence-corrected chi connectivity index (χ2v) is 8.51. The Kier molecular flexibility index (Phi) is 5.88. The van der Waals surface area contributed by atoms with Crippen LogP contribution in [0.2, 0.25) is 0 Å². The molecule has 0 unspecified atom stereocenters. The van der Waals surface area contributed by atoms with Gasteiger partial charge in [-0.3, -0.25) is 9.63 Å². The Bertz CT molecular complexity index is 1100. The Balaban J connectivity index is 1.74. The summed E-state index contributed by atoms with van der Waals surface area (Å²) in [6, 6.07) is 17.3. The van der Waals surface area contributed by atoms with Crippen LogP contribution in [0.5, 0.6) is 0 Å². The van der Waals surface area contributed by atoms with E-state index in [9.17, 15) is 13.2 Å². The molecule has 0 saturated heterocycles. The van der Waals surface area contributed by atoms with Gasteiger partial charge >= 0.3 is 0 Å². The third kappa shape index (κ3) is 4.24. The minimum atomic E-state index is -3.72. The van der Waals surface area contributed by atoms with E-state index in [-0.39, 0.29) is 10.8 Å². The SMILES string of the molecule is CON(C)S(=O)(=O)c1ccc(NC(=O)c2ccc(-n3c(C)ccc3C)cc2)cc1. The summed E-state index contributed by atoms with van der Waals surface area (Å²) in [6.07, 6.45) is 0. The van der Waals surface area contributed by atoms with E-state index < -0.39 is 10.0 Å². The maximum atomic E-state index is 12.5. The number of amides is 1. The van der Waals surface area contributed by atoms with Crippen molar-refractivity contribution in [2.75, 3.05) is 19.5 Å². The standard InChI is InChI=1S/C21H23N3O4S/c1-15-5-6-16(2)24(15)19-11-7-17(8-12-19)21(25)22-18-9-13-20(14-10-18)29(26,27)23(3)28-4/h5-14H,1-4H3,(H,22,25). The zero-order chi connectivity index (χ0) is 21.2. The maximum Gasteiger partial charge on any atom is 0.264 e. The van der Waals surface area contributed by atoms with Crippen molar-refractivity contribution in [2.24, 2.45) is 0 Å². The molecule has 0 fully saturated rings. The smallest absolute Gasteiger partial charge is 0.264 e. The van der Waals surface area contributed by atoms with Crippen molar-refractivity contribution in [3.63, 3.8) is 0 Å². The molecule has 0 aliphatic rings. The lowest BCUT2D eigenvalue weighted by molar-refractivity contribution is -0.0258. The van der Waals surface area contributed by atoms with E-state index in [2.05, 4.69) is 9.88 Å². The number of carbonyl (C=O) groups excluding carboxylic acids is 1. The number of rotatable bonds is 6. The molecule has 1 N–H and O–H groups in total. The Morgan fingerprint density at radius 1 is 0.931 bits per heavy atom. The summed E-state index contributed by atoms with van der Waals surface area (Å²) in [5.41, 5.74) is 4.23. The molecule has 0 aliphatic heterocycles. The molecule has 2 aromatic carbocycles. The fourth-order valence-corrected chi connectivity index (χ4v) is 3.97. The zero-order valence-corrected chi connectivity index (χ0v) is 17.5. The highest BCUT2D eigenvalue weighted by atomic mass is 32.2. The molecule has 1 aromatic heterocycles.